The third kappa shape index (κ3) is 2.97. The number of rotatable bonds is 2. The number of hydrogen-bond acceptors (Lipinski definition) is 2. The highest BCUT2D eigenvalue weighted by molar-refractivity contribution is 6.20. The standard InChI is InChI=1S/C18H29ClN2O2/c1-10-4-13-9-14(5-10)21(13)18(23)20-12-2-3-17(19)16(8-12)11-6-15(22)7-11/h10-17,22H,2-9H2,1H3,(H,20,23)/t10?,11?,12?,13-,14?,15?,16-,17?/m1/s1. The van der Waals surface area contributed by atoms with E-state index in [4.69, 9.17) is 11.6 Å². The van der Waals surface area contributed by atoms with Crippen LogP contribution in [0.4, 0.5) is 4.79 Å². The number of nitrogens with one attached hydrogen (secondary N) is 1. The first-order chi connectivity index (χ1) is 11.0. The van der Waals surface area contributed by atoms with Gasteiger partial charge in [-0.1, -0.05) is 6.92 Å². The molecular formula is C18H29ClN2O2. The largest absolute Gasteiger partial charge is 0.393 e. The number of piperidine rings is 1. The van der Waals surface area contributed by atoms with Crippen LogP contribution < -0.4 is 5.32 Å². The summed E-state index contributed by atoms with van der Waals surface area (Å²) in [6, 6.07) is 1.37. The Morgan fingerprint density at radius 1 is 1.09 bits per heavy atom. The first-order valence-corrected chi connectivity index (χ1v) is 9.86. The third-order valence-electron chi connectivity index (χ3n) is 6.81. The van der Waals surface area contributed by atoms with Crippen LogP contribution >= 0.6 is 11.6 Å². The Balaban J connectivity index is 1.31. The van der Waals surface area contributed by atoms with Gasteiger partial charge in [0.15, 0.2) is 0 Å². The van der Waals surface area contributed by atoms with Crippen molar-refractivity contribution < 1.29 is 9.90 Å². The molecule has 0 aromatic rings. The van der Waals surface area contributed by atoms with E-state index in [2.05, 4.69) is 17.1 Å². The molecule has 6 atom stereocenters. The van der Waals surface area contributed by atoms with Gasteiger partial charge in [0.1, 0.15) is 0 Å². The summed E-state index contributed by atoms with van der Waals surface area (Å²) in [5.41, 5.74) is 0. The molecule has 2 amide bonds. The van der Waals surface area contributed by atoms with Crippen LogP contribution in [-0.4, -0.2) is 45.6 Å². The number of carbonyl (C=O) groups is 1. The number of fused-ring (bicyclic) bond motifs is 2. The fraction of sp³-hybridized carbons (Fsp3) is 0.944. The average Bonchev–Trinajstić information content (AvgIpc) is 2.45. The van der Waals surface area contributed by atoms with Gasteiger partial charge >= 0.3 is 6.03 Å². The zero-order valence-electron chi connectivity index (χ0n) is 14.0. The number of halogens is 1. The van der Waals surface area contributed by atoms with Crippen molar-refractivity contribution >= 4 is 17.6 Å². The molecule has 0 aromatic heterocycles. The highest BCUT2D eigenvalue weighted by Crippen LogP contribution is 2.44. The minimum atomic E-state index is -0.124. The highest BCUT2D eigenvalue weighted by atomic mass is 35.5. The summed E-state index contributed by atoms with van der Waals surface area (Å²) in [6.07, 6.45) is 8.15. The van der Waals surface area contributed by atoms with E-state index >= 15 is 0 Å². The molecular weight excluding hydrogens is 312 g/mol. The molecule has 130 valence electrons. The van der Waals surface area contributed by atoms with E-state index in [0.717, 1.165) is 38.0 Å². The molecule has 3 aliphatic carbocycles. The van der Waals surface area contributed by atoms with Crippen LogP contribution in [-0.2, 0) is 0 Å². The molecule has 2 aliphatic heterocycles. The summed E-state index contributed by atoms with van der Waals surface area (Å²) in [5.74, 6) is 1.77. The van der Waals surface area contributed by atoms with Gasteiger partial charge in [0.25, 0.3) is 0 Å². The molecule has 0 aromatic carbocycles. The molecule has 2 bridgehead atoms. The lowest BCUT2D eigenvalue weighted by molar-refractivity contribution is -0.0154. The minimum Gasteiger partial charge on any atom is -0.393 e. The van der Waals surface area contributed by atoms with Crippen molar-refractivity contribution in [2.45, 2.75) is 87.9 Å². The smallest absolute Gasteiger partial charge is 0.318 e. The van der Waals surface area contributed by atoms with Gasteiger partial charge in [-0.25, -0.2) is 4.79 Å². The second-order valence-corrected chi connectivity index (χ2v) is 9.11. The van der Waals surface area contributed by atoms with Gasteiger partial charge in [0, 0.05) is 23.5 Å². The summed E-state index contributed by atoms with van der Waals surface area (Å²) >= 11 is 6.53. The molecule has 3 saturated carbocycles. The summed E-state index contributed by atoms with van der Waals surface area (Å²) in [6.45, 7) is 2.30. The molecule has 5 fully saturated rings. The van der Waals surface area contributed by atoms with Crippen molar-refractivity contribution in [1.29, 1.82) is 0 Å². The second-order valence-electron chi connectivity index (χ2n) is 8.55. The number of aliphatic hydroxyl groups excluding tert-OH is 1. The Hall–Kier alpha value is -0.480. The Bertz CT molecular complexity index is 456. The van der Waals surface area contributed by atoms with Crippen LogP contribution in [0.3, 0.4) is 0 Å². The molecule has 2 N–H and O–H groups in total. The van der Waals surface area contributed by atoms with Crippen molar-refractivity contribution in [2.24, 2.45) is 17.8 Å². The maximum atomic E-state index is 12.6. The summed E-state index contributed by atoms with van der Waals surface area (Å²) in [5, 5.41) is 13.1. The monoisotopic (exact) mass is 340 g/mol. The van der Waals surface area contributed by atoms with E-state index in [0.29, 0.717) is 23.9 Å². The van der Waals surface area contributed by atoms with Gasteiger partial charge in [-0.3, -0.25) is 0 Å². The fourth-order valence-electron chi connectivity index (χ4n) is 5.49. The van der Waals surface area contributed by atoms with E-state index < -0.39 is 0 Å². The van der Waals surface area contributed by atoms with Gasteiger partial charge < -0.3 is 15.3 Å². The Labute approximate surface area is 143 Å². The van der Waals surface area contributed by atoms with Gasteiger partial charge in [0.2, 0.25) is 0 Å². The lowest BCUT2D eigenvalue weighted by Gasteiger charge is -2.55. The zero-order chi connectivity index (χ0) is 16.1. The van der Waals surface area contributed by atoms with Crippen LogP contribution in [0.25, 0.3) is 0 Å². The number of aliphatic hydroxyl groups is 1. The summed E-state index contributed by atoms with van der Waals surface area (Å²) in [4.78, 5) is 14.8. The minimum absolute atomic E-state index is 0.124. The molecule has 4 nitrogen and oxygen atoms in total. The van der Waals surface area contributed by atoms with Crippen LogP contribution in [0.1, 0.15) is 58.3 Å². The van der Waals surface area contributed by atoms with Crippen molar-refractivity contribution in [1.82, 2.24) is 10.2 Å². The average molecular weight is 341 g/mol. The summed E-state index contributed by atoms with van der Waals surface area (Å²) in [7, 11) is 0. The number of carbonyl (C=O) groups excluding carboxylic acids is 1. The number of amides is 2. The van der Waals surface area contributed by atoms with Crippen molar-refractivity contribution in [3.05, 3.63) is 0 Å². The van der Waals surface area contributed by atoms with Gasteiger partial charge in [-0.15, -0.1) is 11.6 Å². The summed E-state index contributed by atoms with van der Waals surface area (Å²) < 4.78 is 0. The van der Waals surface area contributed by atoms with Crippen molar-refractivity contribution in [3.63, 3.8) is 0 Å². The number of nitrogens with zero attached hydrogens (tertiary/aromatic N) is 1. The topological polar surface area (TPSA) is 52.6 Å². The van der Waals surface area contributed by atoms with Gasteiger partial charge in [-0.2, -0.15) is 0 Å². The van der Waals surface area contributed by atoms with Crippen LogP contribution in [0.5, 0.6) is 0 Å². The fourth-order valence-corrected chi connectivity index (χ4v) is 5.93. The zero-order valence-corrected chi connectivity index (χ0v) is 14.7. The van der Waals surface area contributed by atoms with Crippen molar-refractivity contribution in [2.75, 3.05) is 0 Å². The molecule has 2 heterocycles. The predicted octanol–water partition coefficient (Wildman–Crippen LogP) is 3.12. The first kappa shape index (κ1) is 16.0. The second kappa shape index (κ2) is 6.11. The van der Waals surface area contributed by atoms with E-state index in [1.165, 1.54) is 19.3 Å². The molecule has 23 heavy (non-hydrogen) atoms. The van der Waals surface area contributed by atoms with Gasteiger partial charge in [0.05, 0.1) is 6.10 Å². The quantitative estimate of drug-likeness (QED) is 0.759. The lowest BCUT2D eigenvalue weighted by atomic mass is 9.67. The molecule has 4 unspecified atom stereocenters. The maximum Gasteiger partial charge on any atom is 0.318 e. The van der Waals surface area contributed by atoms with Crippen molar-refractivity contribution in [3.8, 4) is 0 Å². The highest BCUT2D eigenvalue weighted by Gasteiger charge is 2.47. The van der Waals surface area contributed by atoms with E-state index in [-0.39, 0.29) is 23.6 Å². The normalized spacial score (nSPS) is 49.1. The Morgan fingerprint density at radius 2 is 1.78 bits per heavy atom. The van der Waals surface area contributed by atoms with E-state index in [1.807, 2.05) is 0 Å². The Kier molecular flexibility index (Phi) is 4.25. The maximum absolute atomic E-state index is 12.6. The van der Waals surface area contributed by atoms with Crippen LogP contribution in [0, 0.1) is 17.8 Å². The molecule has 0 spiro atoms. The SMILES string of the molecule is CC1CC2C[C@@H](C1)N2C(=O)NC1CCC(Cl)[C@@H](C2CC(O)C2)C1. The first-order valence-electron chi connectivity index (χ1n) is 9.42. The molecule has 5 heteroatoms. The number of hydrogen-bond donors (Lipinski definition) is 2. The van der Waals surface area contributed by atoms with Gasteiger partial charge in [-0.05, 0) is 69.1 Å². The molecule has 5 rings (SSSR count). The Morgan fingerprint density at radius 3 is 2.43 bits per heavy atom. The third-order valence-corrected chi connectivity index (χ3v) is 7.35. The lowest BCUT2D eigenvalue weighted by Crippen LogP contribution is -2.65. The number of alkyl halides is 1. The van der Waals surface area contributed by atoms with Crippen LogP contribution in [0.15, 0.2) is 0 Å². The van der Waals surface area contributed by atoms with E-state index in [9.17, 15) is 9.90 Å². The molecule has 5 aliphatic rings. The van der Waals surface area contributed by atoms with E-state index in [1.54, 1.807) is 0 Å². The van der Waals surface area contributed by atoms with Crippen LogP contribution in [0.2, 0.25) is 0 Å². The predicted molar refractivity (Wildman–Crippen MR) is 90.5 cm³/mol. The molecule has 0 radical (unpaired) electrons. The molecule has 2 saturated heterocycles. The number of urea groups is 1.